The molecular weight excluding hydrogens is 200 g/mol. The van der Waals surface area contributed by atoms with Crippen LogP contribution < -0.4 is 0 Å². The van der Waals surface area contributed by atoms with Crippen molar-refractivity contribution in [2.24, 2.45) is 0 Å². The van der Waals surface area contributed by atoms with Gasteiger partial charge in [0.05, 0.1) is 6.61 Å². The van der Waals surface area contributed by atoms with Gasteiger partial charge in [0.15, 0.2) is 6.10 Å². The Bertz CT molecular complexity index is 269. The molecule has 0 aromatic carbocycles. The lowest BCUT2D eigenvalue weighted by Gasteiger charge is -2.08. The third-order valence-corrected chi connectivity index (χ3v) is 2.70. The van der Waals surface area contributed by atoms with Crippen LogP contribution in [0.4, 0.5) is 0 Å². The summed E-state index contributed by atoms with van der Waals surface area (Å²) in [5, 5.41) is 11.3. The smallest absolute Gasteiger partial charge is 0.340 e. The summed E-state index contributed by atoms with van der Waals surface area (Å²) in [4.78, 5) is 11.9. The molecule has 1 aromatic rings. The number of carbonyl (C=O) groups is 1. The minimum atomic E-state index is -1.12. The number of aliphatic hydroxyl groups is 1. The standard InChI is InChI=1S/C10H14O3S/c1-2-3-6-13-10(12)9(11)8-5-4-7-14-8/h4-5,7,9,11H,2-3,6H2,1H3. The molecule has 0 radical (unpaired) electrons. The fourth-order valence-electron chi connectivity index (χ4n) is 0.959. The maximum Gasteiger partial charge on any atom is 0.340 e. The minimum Gasteiger partial charge on any atom is -0.463 e. The molecule has 0 fully saturated rings. The molecule has 0 aliphatic carbocycles. The summed E-state index contributed by atoms with van der Waals surface area (Å²) in [6.45, 7) is 2.40. The quantitative estimate of drug-likeness (QED) is 0.603. The van der Waals surface area contributed by atoms with Gasteiger partial charge in [0.2, 0.25) is 0 Å². The van der Waals surface area contributed by atoms with E-state index in [4.69, 9.17) is 4.74 Å². The van der Waals surface area contributed by atoms with Crippen LogP contribution in [0.25, 0.3) is 0 Å². The highest BCUT2D eigenvalue weighted by Crippen LogP contribution is 2.19. The molecule has 0 aliphatic rings. The van der Waals surface area contributed by atoms with Gasteiger partial charge < -0.3 is 9.84 Å². The second-order valence-electron chi connectivity index (χ2n) is 2.94. The number of hydrogen-bond donors (Lipinski definition) is 1. The molecule has 78 valence electrons. The van der Waals surface area contributed by atoms with E-state index in [0.717, 1.165) is 12.8 Å². The Morgan fingerprint density at radius 3 is 3.07 bits per heavy atom. The molecule has 0 aliphatic heterocycles. The molecule has 0 amide bonds. The number of aliphatic hydroxyl groups excluding tert-OH is 1. The molecule has 4 heteroatoms. The van der Waals surface area contributed by atoms with Crippen molar-refractivity contribution >= 4 is 17.3 Å². The van der Waals surface area contributed by atoms with E-state index in [-0.39, 0.29) is 0 Å². The zero-order valence-corrected chi connectivity index (χ0v) is 8.92. The molecule has 1 heterocycles. The zero-order chi connectivity index (χ0) is 10.4. The lowest BCUT2D eigenvalue weighted by Crippen LogP contribution is -2.15. The van der Waals surface area contributed by atoms with E-state index < -0.39 is 12.1 Å². The molecule has 14 heavy (non-hydrogen) atoms. The number of carbonyl (C=O) groups excluding carboxylic acids is 1. The molecule has 0 bridgehead atoms. The normalized spacial score (nSPS) is 12.4. The van der Waals surface area contributed by atoms with Crippen LogP contribution in [0.5, 0.6) is 0 Å². The highest BCUT2D eigenvalue weighted by atomic mass is 32.1. The maximum absolute atomic E-state index is 11.3. The summed E-state index contributed by atoms with van der Waals surface area (Å²) in [5.74, 6) is -0.555. The van der Waals surface area contributed by atoms with Crippen LogP contribution in [0.2, 0.25) is 0 Å². The predicted octanol–water partition coefficient (Wildman–Crippen LogP) is 2.12. The number of ether oxygens (including phenoxy) is 1. The van der Waals surface area contributed by atoms with Crippen molar-refractivity contribution < 1.29 is 14.6 Å². The van der Waals surface area contributed by atoms with Crippen LogP contribution in [0.1, 0.15) is 30.7 Å². The third kappa shape index (κ3) is 3.12. The summed E-state index contributed by atoms with van der Waals surface area (Å²) >= 11 is 1.35. The van der Waals surface area contributed by atoms with Gasteiger partial charge in [0, 0.05) is 4.88 Å². The van der Waals surface area contributed by atoms with Crippen molar-refractivity contribution in [1.82, 2.24) is 0 Å². The highest BCUT2D eigenvalue weighted by molar-refractivity contribution is 7.10. The van der Waals surface area contributed by atoms with E-state index in [9.17, 15) is 9.90 Å². The number of thiophene rings is 1. The van der Waals surface area contributed by atoms with E-state index in [1.807, 2.05) is 12.3 Å². The Morgan fingerprint density at radius 1 is 1.71 bits per heavy atom. The summed E-state index contributed by atoms with van der Waals surface area (Å²) < 4.78 is 4.89. The Kier molecular flexibility index (Phi) is 4.62. The lowest BCUT2D eigenvalue weighted by atomic mass is 10.3. The summed E-state index contributed by atoms with van der Waals surface area (Å²) in [6.07, 6.45) is 0.692. The molecule has 1 N–H and O–H groups in total. The molecule has 1 unspecified atom stereocenters. The van der Waals surface area contributed by atoms with Crippen LogP contribution in [-0.2, 0) is 9.53 Å². The first-order valence-corrected chi connectivity index (χ1v) is 5.51. The topological polar surface area (TPSA) is 46.5 Å². The minimum absolute atomic E-state index is 0.387. The number of rotatable bonds is 5. The largest absolute Gasteiger partial charge is 0.463 e. The second kappa shape index (κ2) is 5.78. The molecule has 0 spiro atoms. The third-order valence-electron chi connectivity index (χ3n) is 1.78. The van der Waals surface area contributed by atoms with E-state index in [1.165, 1.54) is 11.3 Å². The Hall–Kier alpha value is -0.870. The van der Waals surface area contributed by atoms with Crippen LogP contribution in [0.3, 0.4) is 0 Å². The van der Waals surface area contributed by atoms with Gasteiger partial charge in [-0.1, -0.05) is 19.4 Å². The van der Waals surface area contributed by atoms with Crippen LogP contribution in [0, 0.1) is 0 Å². The molecule has 0 saturated heterocycles. The number of esters is 1. The average molecular weight is 214 g/mol. The van der Waals surface area contributed by atoms with Gasteiger partial charge in [0.25, 0.3) is 0 Å². The van der Waals surface area contributed by atoms with Crippen LogP contribution in [-0.4, -0.2) is 17.7 Å². The summed E-state index contributed by atoms with van der Waals surface area (Å²) in [5.41, 5.74) is 0. The fourth-order valence-corrected chi connectivity index (χ4v) is 1.66. The molecule has 1 aromatic heterocycles. The van der Waals surface area contributed by atoms with Crippen molar-refractivity contribution in [3.63, 3.8) is 0 Å². The molecular formula is C10H14O3S. The molecule has 1 rings (SSSR count). The van der Waals surface area contributed by atoms with E-state index in [2.05, 4.69) is 0 Å². The SMILES string of the molecule is CCCCOC(=O)C(O)c1cccs1. The van der Waals surface area contributed by atoms with Gasteiger partial charge >= 0.3 is 5.97 Å². The Balaban J connectivity index is 2.37. The highest BCUT2D eigenvalue weighted by Gasteiger charge is 2.19. The van der Waals surface area contributed by atoms with Crippen molar-refractivity contribution in [2.45, 2.75) is 25.9 Å². The van der Waals surface area contributed by atoms with Gasteiger partial charge in [-0.25, -0.2) is 4.79 Å². The zero-order valence-electron chi connectivity index (χ0n) is 8.10. The van der Waals surface area contributed by atoms with Crippen molar-refractivity contribution in [3.05, 3.63) is 22.4 Å². The van der Waals surface area contributed by atoms with Gasteiger partial charge in [0.1, 0.15) is 0 Å². The Morgan fingerprint density at radius 2 is 2.50 bits per heavy atom. The Labute approximate surface area is 87.3 Å². The molecule has 3 nitrogen and oxygen atoms in total. The molecule has 0 saturated carbocycles. The first-order chi connectivity index (χ1) is 6.75. The van der Waals surface area contributed by atoms with Crippen LogP contribution in [0.15, 0.2) is 17.5 Å². The molecule has 1 atom stereocenters. The predicted molar refractivity (Wildman–Crippen MR) is 55.1 cm³/mol. The fraction of sp³-hybridized carbons (Fsp3) is 0.500. The lowest BCUT2D eigenvalue weighted by molar-refractivity contribution is -0.153. The first-order valence-electron chi connectivity index (χ1n) is 4.63. The van der Waals surface area contributed by atoms with Gasteiger partial charge in [-0.15, -0.1) is 11.3 Å². The average Bonchev–Trinajstić information content (AvgIpc) is 2.69. The summed E-state index contributed by atoms with van der Waals surface area (Å²) in [6, 6.07) is 3.51. The van der Waals surface area contributed by atoms with Crippen molar-refractivity contribution in [1.29, 1.82) is 0 Å². The van der Waals surface area contributed by atoms with E-state index in [0.29, 0.717) is 11.5 Å². The van der Waals surface area contributed by atoms with Gasteiger partial charge in [-0.2, -0.15) is 0 Å². The summed E-state index contributed by atoms with van der Waals surface area (Å²) in [7, 11) is 0. The van der Waals surface area contributed by atoms with Gasteiger partial charge in [-0.05, 0) is 17.9 Å². The first kappa shape index (κ1) is 11.2. The second-order valence-corrected chi connectivity index (χ2v) is 3.92. The van der Waals surface area contributed by atoms with E-state index in [1.54, 1.807) is 12.1 Å². The van der Waals surface area contributed by atoms with Crippen LogP contribution >= 0.6 is 11.3 Å². The van der Waals surface area contributed by atoms with Crippen molar-refractivity contribution in [2.75, 3.05) is 6.61 Å². The maximum atomic E-state index is 11.3. The van der Waals surface area contributed by atoms with E-state index >= 15 is 0 Å². The monoisotopic (exact) mass is 214 g/mol. The number of hydrogen-bond acceptors (Lipinski definition) is 4. The van der Waals surface area contributed by atoms with Crippen molar-refractivity contribution in [3.8, 4) is 0 Å². The number of unbranched alkanes of at least 4 members (excludes halogenated alkanes) is 1. The van der Waals surface area contributed by atoms with Gasteiger partial charge in [-0.3, -0.25) is 0 Å².